The number of hydrogen-bond acceptors (Lipinski definition) is 11. The topological polar surface area (TPSA) is 144 Å². The Balaban J connectivity index is 0.000000306. The molecule has 2 fully saturated rings. The van der Waals surface area contributed by atoms with Gasteiger partial charge in [-0.15, -0.1) is 11.3 Å². The van der Waals surface area contributed by atoms with Gasteiger partial charge in [0.15, 0.2) is 0 Å². The van der Waals surface area contributed by atoms with E-state index in [0.717, 1.165) is 29.1 Å². The second-order valence-electron chi connectivity index (χ2n) is 12.2. The largest absolute Gasteiger partial charge is 0.388 e. The molecule has 12 nitrogen and oxygen atoms in total. The van der Waals surface area contributed by atoms with Crippen molar-refractivity contribution in [1.29, 1.82) is 5.26 Å². The van der Waals surface area contributed by atoms with Crippen molar-refractivity contribution < 1.29 is 18.0 Å². The lowest BCUT2D eigenvalue weighted by Crippen LogP contribution is -2.51. The van der Waals surface area contributed by atoms with Crippen LogP contribution in [0.1, 0.15) is 31.2 Å². The van der Waals surface area contributed by atoms with Gasteiger partial charge in [-0.05, 0) is 35.2 Å². The molecule has 1 spiro atoms. The van der Waals surface area contributed by atoms with E-state index >= 15 is 0 Å². The molecule has 4 aromatic rings. The molecule has 50 heavy (non-hydrogen) atoms. The predicted octanol–water partition coefficient (Wildman–Crippen LogP) is 5.34. The van der Waals surface area contributed by atoms with Crippen LogP contribution in [-0.2, 0) is 26.2 Å². The van der Waals surface area contributed by atoms with Crippen LogP contribution in [0.3, 0.4) is 0 Å². The van der Waals surface area contributed by atoms with Crippen LogP contribution in [0.15, 0.2) is 76.4 Å². The SMILES string of the molecule is N#CCCNCc1ccccc1.O=C(C1=NOC2(CCN(S(=O)(=O)c3cc(Cl)ccc3Cl)CC2)C1)N1CCN(c2ncnc3sccc23)CC1. The Labute approximate surface area is 305 Å². The van der Waals surface area contributed by atoms with Gasteiger partial charge in [-0.3, -0.25) is 4.79 Å². The number of thiophene rings is 1. The third-order valence-corrected chi connectivity index (χ3v) is 12.4. The van der Waals surface area contributed by atoms with Crippen molar-refractivity contribution in [3.8, 4) is 6.07 Å². The van der Waals surface area contributed by atoms with Gasteiger partial charge in [0.2, 0.25) is 10.0 Å². The zero-order chi connectivity index (χ0) is 35.1. The number of piperidine rings is 1. The lowest BCUT2D eigenvalue weighted by atomic mass is 9.87. The summed E-state index contributed by atoms with van der Waals surface area (Å²) in [6, 6.07) is 18.7. The molecule has 3 aliphatic heterocycles. The highest BCUT2D eigenvalue weighted by molar-refractivity contribution is 7.89. The first-order valence-corrected chi connectivity index (χ1v) is 19.3. The Bertz CT molecular complexity index is 1990. The van der Waals surface area contributed by atoms with Crippen molar-refractivity contribution in [1.82, 2.24) is 24.5 Å². The number of piperazine rings is 1. The van der Waals surface area contributed by atoms with E-state index in [2.05, 4.69) is 43.5 Å². The van der Waals surface area contributed by atoms with E-state index in [-0.39, 0.29) is 28.9 Å². The molecule has 5 heterocycles. The van der Waals surface area contributed by atoms with Crippen LogP contribution in [0.2, 0.25) is 10.0 Å². The first-order chi connectivity index (χ1) is 24.2. The summed E-state index contributed by atoms with van der Waals surface area (Å²) in [7, 11) is -3.81. The number of halogens is 2. The van der Waals surface area contributed by atoms with Crippen molar-refractivity contribution >= 4 is 72.2 Å². The summed E-state index contributed by atoms with van der Waals surface area (Å²) in [5.74, 6) is 0.760. The van der Waals surface area contributed by atoms with Crippen molar-refractivity contribution in [2.24, 2.45) is 5.16 Å². The lowest BCUT2D eigenvalue weighted by molar-refractivity contribution is -0.124. The summed E-state index contributed by atoms with van der Waals surface area (Å²) in [6.07, 6.45) is 3.35. The highest BCUT2D eigenvalue weighted by Crippen LogP contribution is 2.38. The molecule has 1 amide bonds. The fourth-order valence-electron chi connectivity index (χ4n) is 6.16. The van der Waals surface area contributed by atoms with Gasteiger partial charge in [0.25, 0.3) is 5.91 Å². The number of anilines is 1. The highest BCUT2D eigenvalue weighted by Gasteiger charge is 2.47. The minimum absolute atomic E-state index is 0.0112. The van der Waals surface area contributed by atoms with Crippen LogP contribution in [0.4, 0.5) is 5.82 Å². The van der Waals surface area contributed by atoms with Gasteiger partial charge < -0.3 is 20.0 Å². The zero-order valence-electron chi connectivity index (χ0n) is 27.2. The molecule has 0 saturated carbocycles. The highest BCUT2D eigenvalue weighted by atomic mass is 35.5. The number of rotatable bonds is 8. The van der Waals surface area contributed by atoms with E-state index < -0.39 is 15.6 Å². The van der Waals surface area contributed by atoms with Crippen molar-refractivity contribution in [2.75, 3.05) is 50.7 Å². The maximum absolute atomic E-state index is 13.3. The summed E-state index contributed by atoms with van der Waals surface area (Å²) < 4.78 is 27.7. The van der Waals surface area contributed by atoms with Crippen LogP contribution in [0.25, 0.3) is 10.2 Å². The van der Waals surface area contributed by atoms with E-state index in [0.29, 0.717) is 62.6 Å². The first-order valence-electron chi connectivity index (χ1n) is 16.2. The summed E-state index contributed by atoms with van der Waals surface area (Å²) in [5, 5.41) is 19.1. The maximum atomic E-state index is 13.3. The average molecular weight is 756 g/mol. The van der Waals surface area contributed by atoms with E-state index in [1.54, 1.807) is 28.6 Å². The second-order valence-corrected chi connectivity index (χ2v) is 15.8. The van der Waals surface area contributed by atoms with Crippen LogP contribution >= 0.6 is 34.5 Å². The van der Waals surface area contributed by atoms with E-state index in [9.17, 15) is 13.2 Å². The molecular weight excluding hydrogens is 719 g/mol. The molecule has 262 valence electrons. The molecule has 0 radical (unpaired) electrons. The van der Waals surface area contributed by atoms with Crippen LogP contribution in [0, 0.1) is 11.3 Å². The monoisotopic (exact) mass is 754 g/mol. The van der Waals surface area contributed by atoms with Gasteiger partial charge in [0.1, 0.15) is 33.2 Å². The van der Waals surface area contributed by atoms with Gasteiger partial charge >= 0.3 is 0 Å². The zero-order valence-corrected chi connectivity index (χ0v) is 30.3. The van der Waals surface area contributed by atoms with E-state index in [1.807, 2.05) is 29.6 Å². The minimum Gasteiger partial charge on any atom is -0.388 e. The number of oxime groups is 1. The summed E-state index contributed by atoms with van der Waals surface area (Å²) in [4.78, 5) is 32.7. The number of nitrogens with one attached hydrogen (secondary N) is 1. The third kappa shape index (κ3) is 8.20. The van der Waals surface area contributed by atoms with Gasteiger partial charge in [-0.25, -0.2) is 18.4 Å². The Hall–Kier alpha value is -3.84. The molecule has 0 aliphatic carbocycles. The molecule has 0 atom stereocenters. The number of fused-ring (bicyclic) bond motifs is 1. The fraction of sp³-hybridized carbons (Fsp3) is 0.382. The molecule has 7 rings (SSSR count). The second kappa shape index (κ2) is 16.0. The molecular formula is C34H36Cl2N8O4S2. The Morgan fingerprint density at radius 1 is 1.02 bits per heavy atom. The van der Waals surface area contributed by atoms with Gasteiger partial charge in [0, 0.05) is 83.1 Å². The normalized spacial score (nSPS) is 17.5. The molecule has 0 bridgehead atoms. The van der Waals surface area contributed by atoms with Crippen LogP contribution in [0.5, 0.6) is 0 Å². The van der Waals surface area contributed by atoms with E-state index in [4.69, 9.17) is 33.3 Å². The Morgan fingerprint density at radius 2 is 1.78 bits per heavy atom. The van der Waals surface area contributed by atoms with Crippen LogP contribution < -0.4 is 10.2 Å². The smallest absolute Gasteiger partial charge is 0.271 e. The van der Waals surface area contributed by atoms with E-state index in [1.165, 1.54) is 22.0 Å². The third-order valence-electron chi connectivity index (χ3n) is 8.92. The summed E-state index contributed by atoms with van der Waals surface area (Å²) in [5.41, 5.74) is 0.966. The number of sulfonamides is 1. The summed E-state index contributed by atoms with van der Waals surface area (Å²) in [6.45, 7) is 4.50. The number of carbonyl (C=O) groups excluding carboxylic acids is 1. The lowest BCUT2D eigenvalue weighted by Gasteiger charge is -2.37. The summed E-state index contributed by atoms with van der Waals surface area (Å²) >= 11 is 13.7. The van der Waals surface area contributed by atoms with Gasteiger partial charge in [-0.2, -0.15) is 9.57 Å². The number of nitriles is 1. The maximum Gasteiger partial charge on any atom is 0.271 e. The molecule has 3 aliphatic rings. The molecule has 16 heteroatoms. The number of hydrogen-bond donors (Lipinski definition) is 1. The van der Waals surface area contributed by atoms with Gasteiger partial charge in [0.05, 0.1) is 16.5 Å². The van der Waals surface area contributed by atoms with Crippen molar-refractivity contribution in [2.45, 2.75) is 42.7 Å². The standard InChI is InChI=1S/C24H24Cl2N6O4S2.C10H12N2/c25-16-1-2-18(26)20(13-16)38(34,35)32-6-4-24(5-7-32)14-19(29-36-24)23(33)31-10-8-30(9-11-31)21-17-3-12-37-22(17)28-15-27-21;11-7-4-8-12-9-10-5-2-1-3-6-10/h1-3,12-13,15H,4-11,14H2;1-3,5-6,12H,4,8-9H2. The number of carbonyl (C=O) groups is 1. The molecule has 1 N–H and O–H groups in total. The van der Waals surface area contributed by atoms with Gasteiger partial charge in [-0.1, -0.05) is 58.7 Å². The first kappa shape index (κ1) is 36.0. The quantitative estimate of drug-likeness (QED) is 0.236. The average Bonchev–Trinajstić information content (AvgIpc) is 3.80. The molecule has 2 saturated heterocycles. The minimum atomic E-state index is -3.81. The number of benzene rings is 2. The Kier molecular flexibility index (Phi) is 11.5. The Morgan fingerprint density at radius 3 is 2.52 bits per heavy atom. The number of nitrogens with zero attached hydrogens (tertiary/aromatic N) is 7. The predicted molar refractivity (Wildman–Crippen MR) is 195 cm³/mol. The molecule has 0 unspecified atom stereocenters. The number of amides is 1. The van der Waals surface area contributed by atoms with Crippen molar-refractivity contribution in [3.05, 3.63) is 81.9 Å². The van der Waals surface area contributed by atoms with Crippen LogP contribution in [-0.4, -0.2) is 90.6 Å². The number of aromatic nitrogens is 2. The molecule has 2 aromatic heterocycles. The fourth-order valence-corrected chi connectivity index (χ4v) is 9.06. The van der Waals surface area contributed by atoms with Crippen molar-refractivity contribution in [3.63, 3.8) is 0 Å². The molecule has 2 aromatic carbocycles.